The molecule has 2 aromatic heterocycles. The van der Waals surface area contributed by atoms with Crippen molar-refractivity contribution in [3.63, 3.8) is 0 Å². The zero-order valence-corrected chi connectivity index (χ0v) is 12.0. The molecule has 0 radical (unpaired) electrons. The zero-order valence-electron chi connectivity index (χ0n) is 12.0. The van der Waals surface area contributed by atoms with Crippen LogP contribution in [0, 0.1) is 0 Å². The molecule has 1 amide bonds. The van der Waals surface area contributed by atoms with Gasteiger partial charge in [-0.1, -0.05) is 12.1 Å². The van der Waals surface area contributed by atoms with E-state index < -0.39 is 5.91 Å². The van der Waals surface area contributed by atoms with Crippen LogP contribution >= 0.6 is 0 Å². The second kappa shape index (κ2) is 4.91. The van der Waals surface area contributed by atoms with Crippen LogP contribution in [0.15, 0.2) is 48.9 Å². The Morgan fingerprint density at radius 3 is 2.77 bits per heavy atom. The fourth-order valence-corrected chi connectivity index (χ4v) is 2.93. The molecule has 0 spiro atoms. The Balaban J connectivity index is 1.93. The van der Waals surface area contributed by atoms with Gasteiger partial charge >= 0.3 is 0 Å². The quantitative estimate of drug-likeness (QED) is 0.804. The van der Waals surface area contributed by atoms with E-state index in [-0.39, 0.29) is 0 Å². The minimum Gasteiger partial charge on any atom is -0.364 e. The highest BCUT2D eigenvalue weighted by molar-refractivity contribution is 6.05. The van der Waals surface area contributed by atoms with Crippen molar-refractivity contribution in [3.8, 4) is 11.1 Å². The first-order valence-electron chi connectivity index (χ1n) is 7.37. The second-order valence-electron chi connectivity index (χ2n) is 5.70. The second-order valence-corrected chi connectivity index (χ2v) is 5.70. The lowest BCUT2D eigenvalue weighted by Crippen LogP contribution is -2.13. The van der Waals surface area contributed by atoms with Gasteiger partial charge in [0, 0.05) is 29.5 Å². The van der Waals surface area contributed by atoms with Crippen LogP contribution in [0.2, 0.25) is 0 Å². The fraction of sp³-hybridized carbons (Fsp3) is 0.167. The molecule has 3 aromatic rings. The number of rotatable bonds is 3. The molecule has 2 N–H and O–H groups in total. The minimum atomic E-state index is -0.503. The van der Waals surface area contributed by atoms with Crippen molar-refractivity contribution in [3.05, 3.63) is 60.2 Å². The molecule has 1 saturated carbocycles. The summed E-state index contributed by atoms with van der Waals surface area (Å²) in [7, 11) is 0. The first-order chi connectivity index (χ1) is 10.7. The van der Waals surface area contributed by atoms with Gasteiger partial charge in [0.15, 0.2) is 0 Å². The zero-order chi connectivity index (χ0) is 15.1. The summed E-state index contributed by atoms with van der Waals surface area (Å²) in [6.45, 7) is 0. The topological polar surface area (TPSA) is 68.9 Å². The van der Waals surface area contributed by atoms with E-state index in [2.05, 4.69) is 22.1 Å². The highest BCUT2D eigenvalue weighted by Crippen LogP contribution is 2.44. The van der Waals surface area contributed by atoms with E-state index in [1.165, 1.54) is 18.4 Å². The van der Waals surface area contributed by atoms with Crippen molar-refractivity contribution in [1.82, 2.24) is 9.97 Å². The van der Waals surface area contributed by atoms with E-state index in [0.717, 1.165) is 21.9 Å². The highest BCUT2D eigenvalue weighted by atomic mass is 16.1. The Hall–Kier alpha value is -2.75. The number of nitrogens with two attached hydrogens (primary N) is 1. The Bertz CT molecular complexity index is 884. The van der Waals surface area contributed by atoms with Crippen molar-refractivity contribution < 1.29 is 4.79 Å². The number of hydrogen-bond acceptors (Lipinski definition) is 3. The number of pyridine rings is 2. The van der Waals surface area contributed by atoms with Crippen LogP contribution < -0.4 is 5.73 Å². The van der Waals surface area contributed by atoms with Crippen LogP contribution in [0.3, 0.4) is 0 Å². The van der Waals surface area contributed by atoms with E-state index in [9.17, 15) is 4.79 Å². The smallest absolute Gasteiger partial charge is 0.267 e. The number of carbonyl (C=O) groups is 1. The van der Waals surface area contributed by atoms with Gasteiger partial charge in [0.2, 0.25) is 0 Å². The molecule has 1 aliphatic carbocycles. The molecule has 0 saturated heterocycles. The molecule has 1 aromatic carbocycles. The van der Waals surface area contributed by atoms with Crippen LogP contribution in [0.25, 0.3) is 21.9 Å². The summed E-state index contributed by atoms with van der Waals surface area (Å²) in [5.41, 5.74) is 9.28. The lowest BCUT2D eigenvalue weighted by molar-refractivity contribution is 0.0997. The summed E-state index contributed by atoms with van der Waals surface area (Å²) in [5, 5.41) is 1.75. The van der Waals surface area contributed by atoms with Gasteiger partial charge in [0.1, 0.15) is 5.69 Å². The van der Waals surface area contributed by atoms with Crippen molar-refractivity contribution >= 4 is 16.7 Å². The number of fused-ring (bicyclic) bond motifs is 1. The molecule has 108 valence electrons. The van der Waals surface area contributed by atoms with Gasteiger partial charge < -0.3 is 5.73 Å². The number of hydrogen-bond donors (Lipinski definition) is 1. The van der Waals surface area contributed by atoms with Crippen molar-refractivity contribution in [2.45, 2.75) is 18.8 Å². The maximum atomic E-state index is 11.6. The molecule has 0 bridgehead atoms. The number of carbonyl (C=O) groups excluding carboxylic acids is 1. The van der Waals surface area contributed by atoms with Gasteiger partial charge in [-0.05, 0) is 53.5 Å². The predicted molar refractivity (Wildman–Crippen MR) is 85.5 cm³/mol. The molecule has 22 heavy (non-hydrogen) atoms. The number of amides is 1. The molecule has 0 aliphatic heterocycles. The summed E-state index contributed by atoms with van der Waals surface area (Å²) in [6.07, 6.45) is 7.82. The van der Waals surface area contributed by atoms with Crippen LogP contribution in [0.5, 0.6) is 0 Å². The van der Waals surface area contributed by atoms with Crippen molar-refractivity contribution in [2.75, 3.05) is 0 Å². The molecule has 4 rings (SSSR count). The molecule has 0 atom stereocenters. The third-order valence-electron chi connectivity index (χ3n) is 4.18. The van der Waals surface area contributed by atoms with Crippen molar-refractivity contribution in [2.24, 2.45) is 5.73 Å². The van der Waals surface area contributed by atoms with E-state index in [1.807, 2.05) is 30.6 Å². The molecule has 0 unspecified atom stereocenters. The lowest BCUT2D eigenvalue weighted by atomic mass is 9.96. The van der Waals surface area contributed by atoms with Gasteiger partial charge in [-0.3, -0.25) is 14.8 Å². The van der Waals surface area contributed by atoms with E-state index >= 15 is 0 Å². The Morgan fingerprint density at radius 2 is 2.00 bits per heavy atom. The van der Waals surface area contributed by atoms with Gasteiger partial charge in [0.25, 0.3) is 5.91 Å². The molecule has 2 heterocycles. The van der Waals surface area contributed by atoms with Gasteiger partial charge in [0.05, 0.1) is 0 Å². The number of nitrogens with zero attached hydrogens (tertiary/aromatic N) is 2. The summed E-state index contributed by atoms with van der Waals surface area (Å²) in [6, 6.07) is 10.0. The molecule has 1 fully saturated rings. The minimum absolute atomic E-state index is 0.316. The maximum Gasteiger partial charge on any atom is 0.267 e. The average molecular weight is 289 g/mol. The summed E-state index contributed by atoms with van der Waals surface area (Å²) >= 11 is 0. The Morgan fingerprint density at radius 1 is 1.14 bits per heavy atom. The first-order valence-corrected chi connectivity index (χ1v) is 7.37. The first kappa shape index (κ1) is 13.0. The van der Waals surface area contributed by atoms with Gasteiger partial charge in [-0.25, -0.2) is 0 Å². The number of primary amides is 1. The summed E-state index contributed by atoms with van der Waals surface area (Å²) in [5.74, 6) is 0.134. The van der Waals surface area contributed by atoms with Crippen molar-refractivity contribution in [1.29, 1.82) is 0 Å². The third kappa shape index (κ3) is 2.13. The van der Waals surface area contributed by atoms with Crippen LogP contribution in [-0.2, 0) is 0 Å². The van der Waals surface area contributed by atoms with E-state index in [4.69, 9.17) is 5.73 Å². The fourth-order valence-electron chi connectivity index (χ4n) is 2.93. The molecule has 1 aliphatic rings. The van der Waals surface area contributed by atoms with E-state index in [0.29, 0.717) is 11.6 Å². The average Bonchev–Trinajstić information content (AvgIpc) is 3.38. The van der Waals surface area contributed by atoms with E-state index in [1.54, 1.807) is 6.20 Å². The molecule has 4 nitrogen and oxygen atoms in total. The van der Waals surface area contributed by atoms with Gasteiger partial charge in [-0.2, -0.15) is 0 Å². The van der Waals surface area contributed by atoms with Gasteiger partial charge in [-0.15, -0.1) is 0 Å². The highest BCUT2D eigenvalue weighted by Gasteiger charge is 2.26. The van der Waals surface area contributed by atoms with Crippen LogP contribution in [0.4, 0.5) is 0 Å². The number of aromatic nitrogens is 2. The summed E-state index contributed by atoms with van der Waals surface area (Å²) in [4.78, 5) is 20.0. The molecular weight excluding hydrogens is 274 g/mol. The predicted octanol–water partition coefficient (Wildman–Crippen LogP) is 3.27. The van der Waals surface area contributed by atoms with Crippen LogP contribution in [-0.4, -0.2) is 15.9 Å². The summed E-state index contributed by atoms with van der Waals surface area (Å²) < 4.78 is 0. The third-order valence-corrected chi connectivity index (χ3v) is 4.18. The Kier molecular flexibility index (Phi) is 2.89. The maximum absolute atomic E-state index is 11.6. The molecular formula is C18H15N3O. The molecule has 4 heteroatoms. The van der Waals surface area contributed by atoms with Crippen LogP contribution in [0.1, 0.15) is 34.8 Å². The Labute approximate surface area is 128 Å². The lowest BCUT2D eigenvalue weighted by Gasteiger charge is -2.10. The standard InChI is InChI=1S/C18H15N3O/c19-18(22)17-15-9-13(4-3-12(15)5-8-21-17)16-10-20-7-6-14(16)11-1-2-11/h3-11H,1-2H2,(H2,19,22). The monoisotopic (exact) mass is 289 g/mol. The largest absolute Gasteiger partial charge is 0.364 e. The normalized spacial score (nSPS) is 14.2. The SMILES string of the molecule is NC(=O)c1nccc2ccc(-c3cnccc3C3CC3)cc12. The number of benzene rings is 1.